The third-order valence-electron chi connectivity index (χ3n) is 2.21. The van der Waals surface area contributed by atoms with Gasteiger partial charge < -0.3 is 0 Å². The summed E-state index contributed by atoms with van der Waals surface area (Å²) in [5.41, 5.74) is -0.0173. The summed E-state index contributed by atoms with van der Waals surface area (Å²) in [6.07, 6.45) is 0. The maximum absolute atomic E-state index is 13.8. The van der Waals surface area contributed by atoms with Crippen LogP contribution in [0, 0.1) is 0 Å². The van der Waals surface area contributed by atoms with Gasteiger partial charge in [0.25, 0.3) is 10.0 Å². The van der Waals surface area contributed by atoms with Gasteiger partial charge in [0.05, 0.1) is 10.6 Å². The largest absolute Gasteiger partial charge is 0.290 e. The SMILES string of the molecule is O=S(=O)(c1ccccc1)N(F)c1ccccc1. The van der Waals surface area contributed by atoms with Crippen LogP contribution in [0.15, 0.2) is 65.6 Å². The van der Waals surface area contributed by atoms with Crippen LogP contribution in [0.2, 0.25) is 0 Å². The number of hydrogen-bond acceptors (Lipinski definition) is 2. The van der Waals surface area contributed by atoms with Crippen LogP contribution >= 0.6 is 0 Å². The van der Waals surface area contributed by atoms with Gasteiger partial charge in [0.1, 0.15) is 0 Å². The van der Waals surface area contributed by atoms with Crippen molar-refractivity contribution in [2.24, 2.45) is 0 Å². The molecule has 17 heavy (non-hydrogen) atoms. The van der Waals surface area contributed by atoms with Gasteiger partial charge in [-0.2, -0.15) is 8.42 Å². The minimum atomic E-state index is -4.13. The number of para-hydroxylation sites is 1. The van der Waals surface area contributed by atoms with E-state index in [2.05, 4.69) is 0 Å². The van der Waals surface area contributed by atoms with Crippen molar-refractivity contribution in [2.75, 3.05) is 4.53 Å². The molecular formula is C12H10FNO2S. The second kappa shape index (κ2) is 4.55. The van der Waals surface area contributed by atoms with Gasteiger partial charge in [-0.1, -0.05) is 45.4 Å². The molecule has 0 radical (unpaired) electrons. The lowest BCUT2D eigenvalue weighted by atomic mass is 10.3. The minimum Gasteiger partial charge on any atom is -0.199 e. The van der Waals surface area contributed by atoms with E-state index in [9.17, 15) is 12.9 Å². The zero-order valence-corrected chi connectivity index (χ0v) is 9.64. The number of nitrogens with zero attached hydrogens (tertiary/aromatic N) is 1. The highest BCUT2D eigenvalue weighted by molar-refractivity contribution is 7.92. The smallest absolute Gasteiger partial charge is 0.199 e. The van der Waals surface area contributed by atoms with Crippen molar-refractivity contribution in [2.45, 2.75) is 4.90 Å². The molecule has 0 aliphatic heterocycles. The first-order valence-corrected chi connectivity index (χ1v) is 6.37. The fourth-order valence-corrected chi connectivity index (χ4v) is 2.45. The van der Waals surface area contributed by atoms with E-state index in [1.807, 2.05) is 0 Å². The van der Waals surface area contributed by atoms with Gasteiger partial charge in [0.2, 0.25) is 0 Å². The molecule has 0 saturated heterocycles. The van der Waals surface area contributed by atoms with Gasteiger partial charge in [-0.3, -0.25) is 0 Å². The summed E-state index contributed by atoms with van der Waals surface area (Å²) >= 11 is 0. The van der Waals surface area contributed by atoms with E-state index >= 15 is 0 Å². The highest BCUT2D eigenvalue weighted by atomic mass is 32.2. The van der Waals surface area contributed by atoms with Gasteiger partial charge in [-0.05, 0) is 24.3 Å². The zero-order valence-electron chi connectivity index (χ0n) is 8.82. The van der Waals surface area contributed by atoms with Crippen LogP contribution in [0.3, 0.4) is 0 Å². The Morgan fingerprint density at radius 3 is 1.82 bits per heavy atom. The van der Waals surface area contributed by atoms with Crippen LogP contribution < -0.4 is 4.53 Å². The van der Waals surface area contributed by atoms with Crippen LogP contribution in [-0.4, -0.2) is 8.42 Å². The monoisotopic (exact) mass is 251 g/mol. The molecule has 0 atom stereocenters. The first-order chi connectivity index (χ1) is 8.12. The highest BCUT2D eigenvalue weighted by Gasteiger charge is 2.24. The van der Waals surface area contributed by atoms with Crippen molar-refractivity contribution in [3.8, 4) is 0 Å². The molecule has 0 aliphatic carbocycles. The van der Waals surface area contributed by atoms with Gasteiger partial charge in [-0.15, -0.1) is 0 Å². The number of sulfonamides is 1. The van der Waals surface area contributed by atoms with Crippen LogP contribution in [0.1, 0.15) is 0 Å². The lowest BCUT2D eigenvalue weighted by Gasteiger charge is -2.13. The molecule has 0 unspecified atom stereocenters. The lowest BCUT2D eigenvalue weighted by Crippen LogP contribution is -2.22. The van der Waals surface area contributed by atoms with E-state index in [0.29, 0.717) is 0 Å². The zero-order chi connectivity index (χ0) is 12.3. The number of rotatable bonds is 3. The summed E-state index contributed by atoms with van der Waals surface area (Å²) < 4.78 is 37.4. The Kier molecular flexibility index (Phi) is 3.10. The molecule has 88 valence electrons. The third-order valence-corrected chi connectivity index (χ3v) is 3.71. The molecule has 0 bridgehead atoms. The van der Waals surface area contributed by atoms with E-state index in [1.54, 1.807) is 36.4 Å². The molecule has 2 rings (SSSR count). The van der Waals surface area contributed by atoms with Crippen molar-refractivity contribution in [1.82, 2.24) is 0 Å². The van der Waals surface area contributed by atoms with Crippen LogP contribution in [0.25, 0.3) is 0 Å². The number of benzene rings is 2. The molecule has 0 aliphatic rings. The van der Waals surface area contributed by atoms with Gasteiger partial charge in [-0.25, -0.2) is 0 Å². The molecule has 0 N–H and O–H groups in total. The second-order valence-corrected chi connectivity index (χ2v) is 5.11. The molecule has 0 heterocycles. The Morgan fingerprint density at radius 1 is 0.824 bits per heavy atom. The quantitative estimate of drug-likeness (QED) is 0.787. The van der Waals surface area contributed by atoms with E-state index in [4.69, 9.17) is 0 Å². The van der Waals surface area contributed by atoms with E-state index in [0.717, 1.165) is 0 Å². The fraction of sp³-hybridized carbons (Fsp3) is 0. The second-order valence-electron chi connectivity index (χ2n) is 3.37. The molecule has 2 aromatic rings. The lowest BCUT2D eigenvalue weighted by molar-refractivity contribution is 0.495. The van der Waals surface area contributed by atoms with Crippen molar-refractivity contribution < 1.29 is 12.9 Å². The standard InChI is InChI=1S/C12H10FNO2S/c13-14(11-7-3-1-4-8-11)17(15,16)12-9-5-2-6-10-12/h1-10H. The van der Waals surface area contributed by atoms with Crippen LogP contribution in [-0.2, 0) is 10.0 Å². The number of anilines is 1. The molecular weight excluding hydrogens is 241 g/mol. The molecule has 0 saturated carbocycles. The molecule has 2 aromatic carbocycles. The van der Waals surface area contributed by atoms with E-state index in [-0.39, 0.29) is 15.1 Å². The van der Waals surface area contributed by atoms with E-state index < -0.39 is 10.0 Å². The summed E-state index contributed by atoms with van der Waals surface area (Å²) in [6, 6.07) is 15.1. The summed E-state index contributed by atoms with van der Waals surface area (Å²) in [4.78, 5) is -0.0775. The van der Waals surface area contributed by atoms with Crippen molar-refractivity contribution in [3.63, 3.8) is 0 Å². The van der Waals surface area contributed by atoms with E-state index in [1.165, 1.54) is 24.3 Å². The number of hydrogen-bond donors (Lipinski definition) is 0. The van der Waals surface area contributed by atoms with Crippen molar-refractivity contribution in [3.05, 3.63) is 60.7 Å². The Morgan fingerprint density at radius 2 is 1.29 bits per heavy atom. The topological polar surface area (TPSA) is 37.4 Å². The van der Waals surface area contributed by atoms with Gasteiger partial charge >= 0.3 is 0 Å². The summed E-state index contributed by atoms with van der Waals surface area (Å²) in [5.74, 6) is 0. The first-order valence-electron chi connectivity index (χ1n) is 4.93. The molecule has 5 heteroatoms. The van der Waals surface area contributed by atoms with Crippen molar-refractivity contribution in [1.29, 1.82) is 0 Å². The third kappa shape index (κ3) is 2.29. The first kappa shape index (κ1) is 11.6. The normalized spacial score (nSPS) is 11.1. The van der Waals surface area contributed by atoms with Gasteiger partial charge in [0, 0.05) is 0 Å². The van der Waals surface area contributed by atoms with Crippen molar-refractivity contribution >= 4 is 15.7 Å². The highest BCUT2D eigenvalue weighted by Crippen LogP contribution is 2.23. The Labute approximate surface area is 99.1 Å². The molecule has 0 spiro atoms. The van der Waals surface area contributed by atoms with Crippen LogP contribution in [0.5, 0.6) is 0 Å². The Hall–Kier alpha value is -1.88. The minimum absolute atomic E-state index is 0.0173. The summed E-state index contributed by atoms with van der Waals surface area (Å²) in [5, 5.41) is 0. The Balaban J connectivity index is 2.41. The molecule has 3 nitrogen and oxygen atoms in total. The average molecular weight is 251 g/mol. The van der Waals surface area contributed by atoms with Crippen LogP contribution in [0.4, 0.5) is 10.2 Å². The predicted octanol–water partition coefficient (Wildman–Crippen LogP) is 2.77. The fourth-order valence-electron chi connectivity index (χ4n) is 1.37. The molecule has 0 aromatic heterocycles. The summed E-state index contributed by atoms with van der Waals surface area (Å²) in [7, 11) is -4.13. The summed E-state index contributed by atoms with van der Waals surface area (Å²) in [6.45, 7) is 0. The molecule has 0 amide bonds. The maximum atomic E-state index is 13.8. The number of halogens is 1. The Bertz CT molecular complexity index is 584. The molecule has 0 fully saturated rings. The average Bonchev–Trinajstić information content (AvgIpc) is 2.40. The predicted molar refractivity (Wildman–Crippen MR) is 63.7 cm³/mol. The van der Waals surface area contributed by atoms with Gasteiger partial charge in [0.15, 0.2) is 0 Å². The maximum Gasteiger partial charge on any atom is 0.290 e.